The first-order valence-electron chi connectivity index (χ1n) is 8.23. The molecule has 6 nitrogen and oxygen atoms in total. The monoisotopic (exact) mass is 365 g/mol. The minimum Gasteiger partial charge on any atom is -0.312 e. The van der Waals surface area contributed by atoms with Gasteiger partial charge in [0.2, 0.25) is 5.91 Å². The summed E-state index contributed by atoms with van der Waals surface area (Å²) in [6.45, 7) is 0.748. The molecule has 0 spiro atoms. The maximum absolute atomic E-state index is 12.0. The van der Waals surface area contributed by atoms with Crippen LogP contribution in [-0.2, 0) is 4.79 Å². The summed E-state index contributed by atoms with van der Waals surface area (Å²) in [6.07, 6.45) is 1.48. The first kappa shape index (κ1) is 16.4. The number of thiazole rings is 1. The molecule has 1 aromatic heterocycles. The number of hydrogen-bond donors (Lipinski definition) is 0. The molecule has 3 aromatic rings. The first-order chi connectivity index (χ1) is 12.6. The summed E-state index contributed by atoms with van der Waals surface area (Å²) in [5.41, 5.74) is 3.38. The summed E-state index contributed by atoms with van der Waals surface area (Å²) < 4.78 is 0. The van der Waals surface area contributed by atoms with E-state index in [1.54, 1.807) is 11.0 Å². The number of hydrogen-bond acceptors (Lipinski definition) is 5. The molecule has 0 unspecified atom stereocenters. The lowest BCUT2D eigenvalue weighted by Gasteiger charge is -2.16. The summed E-state index contributed by atoms with van der Waals surface area (Å²) in [7, 11) is 0. The minimum absolute atomic E-state index is 0.0498. The quantitative estimate of drug-likeness (QED) is 0.503. The molecular formula is C19H15N3O3S. The van der Waals surface area contributed by atoms with E-state index in [1.165, 1.54) is 23.5 Å². The van der Waals surface area contributed by atoms with E-state index in [-0.39, 0.29) is 11.6 Å². The SMILES string of the molecule is O=C1CCCN1c1cccc(-c2csc(-c3cccc([N+](=O)[O-])c3)n2)c1. The van der Waals surface area contributed by atoms with E-state index < -0.39 is 4.92 Å². The van der Waals surface area contributed by atoms with Gasteiger partial charge in [0.05, 0.1) is 10.6 Å². The summed E-state index contributed by atoms with van der Waals surface area (Å²) in [4.78, 5) is 28.9. The molecule has 0 N–H and O–H groups in total. The maximum Gasteiger partial charge on any atom is 0.270 e. The van der Waals surface area contributed by atoms with Gasteiger partial charge in [-0.15, -0.1) is 11.3 Å². The van der Waals surface area contributed by atoms with E-state index in [9.17, 15) is 14.9 Å². The fourth-order valence-electron chi connectivity index (χ4n) is 3.05. The molecule has 4 rings (SSSR count). The lowest BCUT2D eigenvalue weighted by Crippen LogP contribution is -2.23. The lowest BCUT2D eigenvalue weighted by molar-refractivity contribution is -0.384. The standard InChI is InChI=1S/C19H15N3O3S/c23-18-8-3-9-21(18)15-6-1-4-13(10-15)17-12-26-19(20-17)14-5-2-7-16(11-14)22(24)25/h1-2,4-7,10-12H,3,8-9H2. The average Bonchev–Trinajstić information content (AvgIpc) is 3.31. The summed E-state index contributed by atoms with van der Waals surface area (Å²) in [6, 6.07) is 14.2. The van der Waals surface area contributed by atoms with Crippen LogP contribution in [0.1, 0.15) is 12.8 Å². The second-order valence-electron chi connectivity index (χ2n) is 6.04. The van der Waals surface area contributed by atoms with Crippen molar-refractivity contribution >= 4 is 28.6 Å². The molecule has 0 saturated carbocycles. The molecular weight excluding hydrogens is 350 g/mol. The highest BCUT2D eigenvalue weighted by molar-refractivity contribution is 7.13. The molecule has 0 atom stereocenters. The topological polar surface area (TPSA) is 76.3 Å². The van der Waals surface area contributed by atoms with Crippen LogP contribution in [-0.4, -0.2) is 22.4 Å². The minimum atomic E-state index is -0.408. The van der Waals surface area contributed by atoms with Gasteiger partial charge in [0, 0.05) is 47.3 Å². The van der Waals surface area contributed by atoms with Crippen molar-refractivity contribution in [2.75, 3.05) is 11.4 Å². The van der Waals surface area contributed by atoms with Gasteiger partial charge in [-0.2, -0.15) is 0 Å². The Bertz CT molecular complexity index is 999. The Morgan fingerprint density at radius 3 is 2.69 bits per heavy atom. The van der Waals surface area contributed by atoms with E-state index in [0.29, 0.717) is 6.42 Å². The third-order valence-electron chi connectivity index (χ3n) is 4.34. The molecule has 0 aliphatic carbocycles. The molecule has 0 bridgehead atoms. The number of benzene rings is 2. The maximum atomic E-state index is 12.0. The van der Waals surface area contributed by atoms with Gasteiger partial charge in [-0.3, -0.25) is 14.9 Å². The zero-order chi connectivity index (χ0) is 18.1. The molecule has 2 heterocycles. The van der Waals surface area contributed by atoms with Gasteiger partial charge in [-0.25, -0.2) is 4.98 Å². The van der Waals surface area contributed by atoms with Crippen LogP contribution in [0.15, 0.2) is 53.9 Å². The third kappa shape index (κ3) is 3.09. The Morgan fingerprint density at radius 1 is 1.12 bits per heavy atom. The Balaban J connectivity index is 1.65. The number of nitro benzene ring substituents is 1. The number of amides is 1. The van der Waals surface area contributed by atoms with Gasteiger partial charge >= 0.3 is 0 Å². The van der Waals surface area contributed by atoms with Crippen LogP contribution in [0, 0.1) is 10.1 Å². The van der Waals surface area contributed by atoms with Crippen LogP contribution in [0.25, 0.3) is 21.8 Å². The molecule has 1 fully saturated rings. The fraction of sp³-hybridized carbons (Fsp3) is 0.158. The van der Waals surface area contributed by atoms with Crippen molar-refractivity contribution in [1.82, 2.24) is 4.98 Å². The van der Waals surface area contributed by atoms with Crippen molar-refractivity contribution in [2.45, 2.75) is 12.8 Å². The van der Waals surface area contributed by atoms with Crippen LogP contribution < -0.4 is 4.90 Å². The largest absolute Gasteiger partial charge is 0.312 e. The van der Waals surface area contributed by atoms with E-state index >= 15 is 0 Å². The van der Waals surface area contributed by atoms with E-state index in [2.05, 4.69) is 4.98 Å². The second kappa shape index (κ2) is 6.68. The number of aromatic nitrogens is 1. The van der Waals surface area contributed by atoms with Crippen molar-refractivity contribution in [3.63, 3.8) is 0 Å². The van der Waals surface area contributed by atoms with Gasteiger partial charge in [0.15, 0.2) is 0 Å². The van der Waals surface area contributed by atoms with Crippen LogP contribution in [0.3, 0.4) is 0 Å². The third-order valence-corrected chi connectivity index (χ3v) is 5.23. The smallest absolute Gasteiger partial charge is 0.270 e. The normalized spacial score (nSPS) is 14.0. The van der Waals surface area contributed by atoms with Crippen LogP contribution in [0.2, 0.25) is 0 Å². The Kier molecular flexibility index (Phi) is 4.22. The fourth-order valence-corrected chi connectivity index (χ4v) is 3.87. The van der Waals surface area contributed by atoms with Crippen molar-refractivity contribution in [3.8, 4) is 21.8 Å². The van der Waals surface area contributed by atoms with Gasteiger partial charge in [-0.05, 0) is 18.6 Å². The predicted molar refractivity (Wildman–Crippen MR) is 101 cm³/mol. The molecule has 7 heteroatoms. The Hall–Kier alpha value is -3.06. The highest BCUT2D eigenvalue weighted by Gasteiger charge is 2.22. The Morgan fingerprint density at radius 2 is 1.92 bits per heavy atom. The molecule has 1 amide bonds. The predicted octanol–water partition coefficient (Wildman–Crippen LogP) is 4.51. The van der Waals surface area contributed by atoms with Gasteiger partial charge in [-0.1, -0.05) is 24.3 Å². The van der Waals surface area contributed by atoms with Crippen molar-refractivity contribution < 1.29 is 9.72 Å². The van der Waals surface area contributed by atoms with E-state index in [4.69, 9.17) is 0 Å². The zero-order valence-corrected chi connectivity index (χ0v) is 14.6. The molecule has 1 aliphatic heterocycles. The first-order valence-corrected chi connectivity index (χ1v) is 9.11. The lowest BCUT2D eigenvalue weighted by atomic mass is 10.1. The van der Waals surface area contributed by atoms with Crippen LogP contribution >= 0.6 is 11.3 Å². The van der Waals surface area contributed by atoms with E-state index in [1.807, 2.05) is 35.7 Å². The molecule has 26 heavy (non-hydrogen) atoms. The van der Waals surface area contributed by atoms with Crippen LogP contribution in [0.5, 0.6) is 0 Å². The number of nitrogens with zero attached hydrogens (tertiary/aromatic N) is 3. The number of carbonyl (C=O) groups is 1. The van der Waals surface area contributed by atoms with E-state index in [0.717, 1.165) is 40.5 Å². The van der Waals surface area contributed by atoms with Crippen LogP contribution in [0.4, 0.5) is 11.4 Å². The van der Waals surface area contributed by atoms with Gasteiger partial charge in [0.25, 0.3) is 5.69 Å². The van der Waals surface area contributed by atoms with Gasteiger partial charge in [0.1, 0.15) is 5.01 Å². The number of anilines is 1. The summed E-state index contributed by atoms with van der Waals surface area (Å²) in [5, 5.41) is 13.6. The average molecular weight is 365 g/mol. The number of rotatable bonds is 4. The number of non-ortho nitro benzene ring substituents is 1. The van der Waals surface area contributed by atoms with Crippen molar-refractivity contribution in [1.29, 1.82) is 0 Å². The highest BCUT2D eigenvalue weighted by atomic mass is 32.1. The zero-order valence-electron chi connectivity index (χ0n) is 13.8. The van der Waals surface area contributed by atoms with Crippen molar-refractivity contribution in [2.24, 2.45) is 0 Å². The number of carbonyl (C=O) groups excluding carboxylic acids is 1. The molecule has 130 valence electrons. The van der Waals surface area contributed by atoms with Crippen molar-refractivity contribution in [3.05, 3.63) is 64.0 Å². The highest BCUT2D eigenvalue weighted by Crippen LogP contribution is 2.32. The molecule has 1 saturated heterocycles. The molecule has 2 aromatic carbocycles. The Labute approximate surface area is 153 Å². The summed E-state index contributed by atoms with van der Waals surface area (Å²) >= 11 is 1.44. The second-order valence-corrected chi connectivity index (χ2v) is 6.90. The molecule has 1 aliphatic rings. The molecule has 0 radical (unpaired) electrons. The summed E-state index contributed by atoms with van der Waals surface area (Å²) in [5.74, 6) is 0.151. The van der Waals surface area contributed by atoms with Gasteiger partial charge < -0.3 is 4.90 Å². The number of nitro groups is 1.